The maximum atomic E-state index is 13.7. The molecule has 1 aromatic carbocycles. The average molecular weight is 341 g/mol. The molecule has 126 valence electrons. The summed E-state index contributed by atoms with van der Waals surface area (Å²) < 4.78 is 38.2. The summed E-state index contributed by atoms with van der Waals surface area (Å²) in [6, 6.07) is 3.65. The number of hydrogen-bond acceptors (Lipinski definition) is 4. The van der Waals surface area contributed by atoms with Gasteiger partial charge in [-0.05, 0) is 49.3 Å². The van der Waals surface area contributed by atoms with Crippen molar-refractivity contribution in [1.82, 2.24) is 0 Å². The normalized spacial score (nSPS) is 29.5. The zero-order chi connectivity index (χ0) is 16.8. The van der Waals surface area contributed by atoms with Crippen molar-refractivity contribution < 1.29 is 17.6 Å². The molecule has 0 heterocycles. The van der Waals surface area contributed by atoms with Crippen LogP contribution in [0.4, 0.5) is 15.8 Å². The number of fused-ring (bicyclic) bond motifs is 2. The van der Waals surface area contributed by atoms with Crippen LogP contribution in [0.15, 0.2) is 18.2 Å². The van der Waals surface area contributed by atoms with Gasteiger partial charge in [0.1, 0.15) is 5.82 Å². The van der Waals surface area contributed by atoms with Gasteiger partial charge in [-0.15, -0.1) is 0 Å². The second kappa shape index (κ2) is 5.76. The summed E-state index contributed by atoms with van der Waals surface area (Å²) in [5.41, 5.74) is 6.30. The quantitative estimate of drug-likeness (QED) is 0.772. The fourth-order valence-electron chi connectivity index (χ4n) is 3.83. The van der Waals surface area contributed by atoms with E-state index in [0.717, 1.165) is 31.6 Å². The molecule has 0 saturated heterocycles. The molecule has 2 fully saturated rings. The third-order valence-corrected chi connectivity index (χ3v) is 5.40. The van der Waals surface area contributed by atoms with Crippen LogP contribution < -0.4 is 15.8 Å². The topological polar surface area (TPSA) is 101 Å². The average Bonchev–Trinajstić information content (AvgIpc) is 3.01. The molecule has 1 aromatic rings. The lowest BCUT2D eigenvalue weighted by Gasteiger charge is -2.27. The number of hydrogen-bond donors (Lipinski definition) is 3. The first-order valence-corrected chi connectivity index (χ1v) is 9.47. The summed E-state index contributed by atoms with van der Waals surface area (Å²) >= 11 is 0. The third kappa shape index (κ3) is 3.32. The van der Waals surface area contributed by atoms with E-state index in [9.17, 15) is 17.6 Å². The molecular weight excluding hydrogens is 321 g/mol. The van der Waals surface area contributed by atoms with E-state index in [1.165, 1.54) is 12.1 Å². The van der Waals surface area contributed by atoms with Gasteiger partial charge >= 0.3 is 0 Å². The standard InChI is InChI=1S/C15H20FN3O3S/c1-23(21,22)19-12-7-10(4-5-11(12)16)18-15(20)13-8-2-3-9(6-8)14(13)17/h4-5,7-9,13-14,19H,2-3,6,17H2,1H3,(H,18,20). The first-order chi connectivity index (χ1) is 10.7. The number of carbonyl (C=O) groups is 1. The molecule has 4 atom stereocenters. The second-order valence-corrected chi connectivity index (χ2v) is 8.24. The largest absolute Gasteiger partial charge is 0.327 e. The second-order valence-electron chi connectivity index (χ2n) is 6.49. The number of halogens is 1. The van der Waals surface area contributed by atoms with Gasteiger partial charge in [0.05, 0.1) is 17.9 Å². The Morgan fingerprint density at radius 1 is 1.30 bits per heavy atom. The molecule has 3 rings (SSSR count). The van der Waals surface area contributed by atoms with Crippen LogP contribution in [0.3, 0.4) is 0 Å². The molecular formula is C15H20FN3O3S. The highest BCUT2D eigenvalue weighted by atomic mass is 32.2. The maximum absolute atomic E-state index is 13.7. The van der Waals surface area contributed by atoms with Crippen molar-refractivity contribution in [2.24, 2.45) is 23.5 Å². The van der Waals surface area contributed by atoms with Gasteiger partial charge in [-0.2, -0.15) is 0 Å². The number of benzene rings is 1. The minimum atomic E-state index is -3.60. The third-order valence-electron chi connectivity index (χ3n) is 4.81. The van der Waals surface area contributed by atoms with E-state index in [2.05, 4.69) is 10.0 Å². The highest BCUT2D eigenvalue weighted by Crippen LogP contribution is 2.47. The van der Waals surface area contributed by atoms with Gasteiger partial charge < -0.3 is 11.1 Å². The molecule has 2 aliphatic rings. The number of nitrogens with two attached hydrogens (primary N) is 1. The summed E-state index contributed by atoms with van der Waals surface area (Å²) in [5.74, 6) is -0.396. The van der Waals surface area contributed by atoms with Crippen molar-refractivity contribution in [3.8, 4) is 0 Å². The number of amides is 1. The molecule has 0 radical (unpaired) electrons. The van der Waals surface area contributed by atoms with Crippen molar-refractivity contribution in [1.29, 1.82) is 0 Å². The van der Waals surface area contributed by atoms with Crippen LogP contribution in [-0.4, -0.2) is 26.6 Å². The molecule has 2 saturated carbocycles. The molecule has 0 aliphatic heterocycles. The zero-order valence-electron chi connectivity index (χ0n) is 12.8. The van der Waals surface area contributed by atoms with Crippen LogP contribution in [0.2, 0.25) is 0 Å². The molecule has 6 nitrogen and oxygen atoms in total. The van der Waals surface area contributed by atoms with Gasteiger partial charge in [0.25, 0.3) is 0 Å². The van der Waals surface area contributed by atoms with Crippen molar-refractivity contribution >= 4 is 27.3 Å². The van der Waals surface area contributed by atoms with E-state index < -0.39 is 15.8 Å². The van der Waals surface area contributed by atoms with Crippen molar-refractivity contribution in [3.05, 3.63) is 24.0 Å². The van der Waals surface area contributed by atoms with Gasteiger partial charge in [0.2, 0.25) is 15.9 Å². The Kier molecular flexibility index (Phi) is 4.05. The molecule has 0 aromatic heterocycles. The fourth-order valence-corrected chi connectivity index (χ4v) is 4.39. The minimum Gasteiger partial charge on any atom is -0.327 e. The van der Waals surface area contributed by atoms with Gasteiger partial charge in [0, 0.05) is 11.7 Å². The summed E-state index contributed by atoms with van der Waals surface area (Å²) in [6.45, 7) is 0. The molecule has 4 N–H and O–H groups in total. The summed E-state index contributed by atoms with van der Waals surface area (Å²) in [4.78, 5) is 12.5. The molecule has 4 unspecified atom stereocenters. The Balaban J connectivity index is 1.75. The van der Waals surface area contributed by atoms with Gasteiger partial charge in [0.15, 0.2) is 0 Å². The molecule has 8 heteroatoms. The van der Waals surface area contributed by atoms with E-state index in [4.69, 9.17) is 5.73 Å². The Bertz CT molecular complexity index is 735. The number of sulfonamides is 1. The predicted octanol–water partition coefficient (Wildman–Crippen LogP) is 1.51. The van der Waals surface area contributed by atoms with E-state index >= 15 is 0 Å². The van der Waals surface area contributed by atoms with Crippen molar-refractivity contribution in [2.75, 3.05) is 16.3 Å². The first kappa shape index (κ1) is 16.2. The van der Waals surface area contributed by atoms with Crippen LogP contribution in [0.5, 0.6) is 0 Å². The van der Waals surface area contributed by atoms with Crippen molar-refractivity contribution in [3.63, 3.8) is 0 Å². The number of carbonyl (C=O) groups excluding carboxylic acids is 1. The summed E-state index contributed by atoms with van der Waals surface area (Å²) in [7, 11) is -3.60. The number of anilines is 2. The Morgan fingerprint density at radius 2 is 2.00 bits per heavy atom. The fraction of sp³-hybridized carbons (Fsp3) is 0.533. The Morgan fingerprint density at radius 3 is 2.61 bits per heavy atom. The summed E-state index contributed by atoms with van der Waals surface area (Å²) in [5, 5.41) is 2.73. The Labute approximate surface area is 134 Å². The zero-order valence-corrected chi connectivity index (χ0v) is 13.6. The molecule has 1 amide bonds. The summed E-state index contributed by atoms with van der Waals surface area (Å²) in [6.07, 6.45) is 4.02. The first-order valence-electron chi connectivity index (χ1n) is 7.58. The van der Waals surface area contributed by atoms with E-state index in [0.29, 0.717) is 17.5 Å². The monoisotopic (exact) mass is 341 g/mol. The minimum absolute atomic E-state index is 0.136. The molecule has 2 bridgehead atoms. The highest BCUT2D eigenvalue weighted by molar-refractivity contribution is 7.92. The van der Waals surface area contributed by atoms with Crippen LogP contribution >= 0.6 is 0 Å². The lowest BCUT2D eigenvalue weighted by atomic mass is 9.84. The van der Waals surface area contributed by atoms with Crippen molar-refractivity contribution in [2.45, 2.75) is 25.3 Å². The van der Waals surface area contributed by atoms with Crippen LogP contribution in [0.25, 0.3) is 0 Å². The van der Waals surface area contributed by atoms with E-state index in [1.807, 2.05) is 0 Å². The lowest BCUT2D eigenvalue weighted by Crippen LogP contribution is -2.42. The van der Waals surface area contributed by atoms with Gasteiger partial charge in [-0.1, -0.05) is 0 Å². The van der Waals surface area contributed by atoms with Crippen LogP contribution in [0.1, 0.15) is 19.3 Å². The molecule has 0 spiro atoms. The van der Waals surface area contributed by atoms with E-state index in [1.54, 1.807) is 0 Å². The Hall–Kier alpha value is -1.67. The highest BCUT2D eigenvalue weighted by Gasteiger charge is 2.49. The lowest BCUT2D eigenvalue weighted by molar-refractivity contribution is -0.121. The SMILES string of the molecule is CS(=O)(=O)Nc1cc(NC(=O)C2C3CCC(C3)C2N)ccc1F. The van der Waals surface area contributed by atoms with Crippen LogP contribution in [0, 0.1) is 23.6 Å². The van der Waals surface area contributed by atoms with Crippen LogP contribution in [-0.2, 0) is 14.8 Å². The molecule has 23 heavy (non-hydrogen) atoms. The number of nitrogens with one attached hydrogen (secondary N) is 2. The van der Waals surface area contributed by atoms with Gasteiger partial charge in [-0.25, -0.2) is 12.8 Å². The predicted molar refractivity (Wildman–Crippen MR) is 85.8 cm³/mol. The molecule has 2 aliphatic carbocycles. The number of rotatable bonds is 4. The smallest absolute Gasteiger partial charge is 0.229 e. The maximum Gasteiger partial charge on any atom is 0.229 e. The van der Waals surface area contributed by atoms with Gasteiger partial charge in [-0.3, -0.25) is 9.52 Å². The van der Waals surface area contributed by atoms with E-state index in [-0.39, 0.29) is 23.6 Å².